The van der Waals surface area contributed by atoms with Crippen LogP contribution in [0.5, 0.6) is 5.75 Å². The second-order valence-electron chi connectivity index (χ2n) is 7.29. The highest BCUT2D eigenvalue weighted by Crippen LogP contribution is 2.34. The van der Waals surface area contributed by atoms with Crippen molar-refractivity contribution in [2.45, 2.75) is 39.9 Å². The third kappa shape index (κ3) is 5.98. The third-order valence-corrected chi connectivity index (χ3v) is 5.66. The summed E-state index contributed by atoms with van der Waals surface area (Å²) in [5.41, 5.74) is 2.87. The van der Waals surface area contributed by atoms with Gasteiger partial charge in [-0.05, 0) is 49.7 Å². The molecule has 3 rings (SSSR count). The Morgan fingerprint density at radius 2 is 1.94 bits per heavy atom. The first kappa shape index (κ1) is 22.6. The van der Waals surface area contributed by atoms with Crippen molar-refractivity contribution in [1.29, 1.82) is 0 Å². The van der Waals surface area contributed by atoms with E-state index in [1.165, 1.54) is 0 Å². The highest BCUT2D eigenvalue weighted by Gasteiger charge is 2.37. The first-order valence-electron chi connectivity index (χ1n) is 10.1. The van der Waals surface area contributed by atoms with E-state index >= 15 is 0 Å². The summed E-state index contributed by atoms with van der Waals surface area (Å²) in [4.78, 5) is 38.2. The molecular weight excluding hydrogens is 414 g/mol. The molecule has 1 fully saturated rings. The number of benzene rings is 2. The van der Waals surface area contributed by atoms with Crippen LogP contribution in [0.3, 0.4) is 0 Å². The molecule has 7 heteroatoms. The summed E-state index contributed by atoms with van der Waals surface area (Å²) >= 11 is 0.804. The summed E-state index contributed by atoms with van der Waals surface area (Å²) in [6, 6.07) is 15.3. The number of nitrogens with zero attached hydrogens (tertiary/aromatic N) is 1. The Bertz CT molecular complexity index is 1020. The number of thioether (sulfide) groups is 1. The molecule has 0 bridgehead atoms. The maximum Gasteiger partial charge on any atom is 0.326 e. The lowest BCUT2D eigenvalue weighted by Crippen LogP contribution is -2.35. The first-order valence-corrected chi connectivity index (χ1v) is 10.9. The lowest BCUT2D eigenvalue weighted by atomic mass is 10.1. The number of hydrogen-bond acceptors (Lipinski definition) is 6. The summed E-state index contributed by atoms with van der Waals surface area (Å²) in [6.45, 7) is 5.66. The predicted octanol–water partition coefficient (Wildman–Crippen LogP) is 4.95. The minimum absolute atomic E-state index is 0.243. The fourth-order valence-corrected chi connectivity index (χ4v) is 3.78. The normalized spacial score (nSPS) is 16.0. The minimum Gasteiger partial charge on any atom is -0.488 e. The van der Waals surface area contributed by atoms with Crippen LogP contribution >= 0.6 is 11.8 Å². The van der Waals surface area contributed by atoms with E-state index < -0.39 is 23.7 Å². The van der Waals surface area contributed by atoms with Crippen LogP contribution in [0.25, 0.3) is 6.08 Å². The Morgan fingerprint density at radius 1 is 1.16 bits per heavy atom. The van der Waals surface area contributed by atoms with Crippen molar-refractivity contribution in [2.24, 2.45) is 0 Å². The van der Waals surface area contributed by atoms with Crippen molar-refractivity contribution in [3.05, 3.63) is 70.1 Å². The molecule has 1 atom stereocenters. The average molecular weight is 440 g/mol. The first-order chi connectivity index (χ1) is 14.9. The van der Waals surface area contributed by atoms with Crippen LogP contribution in [0, 0.1) is 6.92 Å². The molecule has 1 saturated heterocycles. The number of rotatable bonds is 8. The van der Waals surface area contributed by atoms with Crippen LogP contribution in [-0.4, -0.2) is 34.7 Å². The van der Waals surface area contributed by atoms with Gasteiger partial charge in [0.2, 0.25) is 0 Å². The zero-order chi connectivity index (χ0) is 22.4. The largest absolute Gasteiger partial charge is 0.488 e. The van der Waals surface area contributed by atoms with Crippen molar-refractivity contribution >= 4 is 35.0 Å². The minimum atomic E-state index is -0.597. The van der Waals surface area contributed by atoms with E-state index in [9.17, 15) is 14.4 Å². The smallest absolute Gasteiger partial charge is 0.326 e. The van der Waals surface area contributed by atoms with Gasteiger partial charge in [-0.3, -0.25) is 19.3 Å². The summed E-state index contributed by atoms with van der Waals surface area (Å²) in [7, 11) is 0. The van der Waals surface area contributed by atoms with Gasteiger partial charge < -0.3 is 9.47 Å². The molecule has 0 N–H and O–H groups in total. The standard InChI is InChI=1S/C24H25NO5S/c1-4-17(3)30-22(26)14-25-23(27)21(31-24(25)28)13-19-10-5-6-11-20(19)29-15-18-9-7-8-16(2)12-18/h5-13,17H,4,14-15H2,1-3H3/b21-13+/t17-/m0/s1. The lowest BCUT2D eigenvalue weighted by Gasteiger charge is -2.15. The Balaban J connectivity index is 1.72. The molecule has 1 heterocycles. The lowest BCUT2D eigenvalue weighted by molar-refractivity contribution is -0.150. The van der Waals surface area contributed by atoms with Crippen LogP contribution in [0.1, 0.15) is 37.0 Å². The van der Waals surface area contributed by atoms with Gasteiger partial charge in [-0.2, -0.15) is 0 Å². The highest BCUT2D eigenvalue weighted by molar-refractivity contribution is 8.18. The van der Waals surface area contributed by atoms with Crippen molar-refractivity contribution < 1.29 is 23.9 Å². The third-order valence-electron chi connectivity index (χ3n) is 4.75. The van der Waals surface area contributed by atoms with Crippen LogP contribution in [0.2, 0.25) is 0 Å². The topological polar surface area (TPSA) is 72.9 Å². The molecule has 0 saturated carbocycles. The second kappa shape index (κ2) is 10.3. The van der Waals surface area contributed by atoms with Gasteiger partial charge in [0, 0.05) is 5.56 Å². The molecule has 2 aromatic rings. The number of ether oxygens (including phenoxy) is 2. The van der Waals surface area contributed by atoms with Gasteiger partial charge in [-0.1, -0.05) is 55.0 Å². The van der Waals surface area contributed by atoms with E-state index in [1.54, 1.807) is 13.0 Å². The van der Waals surface area contributed by atoms with Gasteiger partial charge in [0.05, 0.1) is 11.0 Å². The molecule has 1 aliphatic rings. The number of carbonyl (C=O) groups is 3. The molecule has 0 spiro atoms. The van der Waals surface area contributed by atoms with Crippen molar-refractivity contribution in [1.82, 2.24) is 4.90 Å². The van der Waals surface area contributed by atoms with E-state index in [2.05, 4.69) is 0 Å². The molecule has 1 aliphatic heterocycles. The number of imide groups is 1. The number of amides is 2. The fraction of sp³-hybridized carbons (Fsp3) is 0.292. The van der Waals surface area contributed by atoms with Crippen molar-refractivity contribution in [3.63, 3.8) is 0 Å². The summed E-state index contributed by atoms with van der Waals surface area (Å²) < 4.78 is 11.1. The molecule has 0 aliphatic carbocycles. The van der Waals surface area contributed by atoms with Crippen molar-refractivity contribution in [3.8, 4) is 5.75 Å². The van der Waals surface area contributed by atoms with E-state index in [1.807, 2.05) is 62.4 Å². The van der Waals surface area contributed by atoms with E-state index in [0.29, 0.717) is 24.3 Å². The molecule has 0 aromatic heterocycles. The number of carbonyl (C=O) groups excluding carboxylic acids is 3. The Kier molecular flexibility index (Phi) is 7.52. The van der Waals surface area contributed by atoms with Crippen LogP contribution in [-0.2, 0) is 20.9 Å². The van der Waals surface area contributed by atoms with Gasteiger partial charge in [-0.25, -0.2) is 0 Å². The van der Waals surface area contributed by atoms with Crippen LogP contribution in [0.15, 0.2) is 53.4 Å². The molecule has 2 aromatic carbocycles. The monoisotopic (exact) mass is 439 g/mol. The quantitative estimate of drug-likeness (QED) is 0.428. The fourth-order valence-electron chi connectivity index (χ4n) is 2.95. The van der Waals surface area contributed by atoms with E-state index in [0.717, 1.165) is 27.8 Å². The molecule has 0 radical (unpaired) electrons. The molecule has 162 valence electrons. The summed E-state index contributed by atoms with van der Waals surface area (Å²) in [6.07, 6.45) is 2.02. The highest BCUT2D eigenvalue weighted by atomic mass is 32.2. The second-order valence-corrected chi connectivity index (χ2v) is 8.29. The molecule has 0 unspecified atom stereocenters. The molecule has 31 heavy (non-hydrogen) atoms. The maximum atomic E-state index is 12.7. The molecule has 6 nitrogen and oxygen atoms in total. The van der Waals surface area contributed by atoms with Crippen molar-refractivity contribution in [2.75, 3.05) is 6.54 Å². The summed E-state index contributed by atoms with van der Waals surface area (Å²) in [5.74, 6) is -0.503. The maximum absolute atomic E-state index is 12.7. The SMILES string of the molecule is CC[C@H](C)OC(=O)CN1C(=O)S/C(=C/c2ccccc2OCc2cccc(C)c2)C1=O. The predicted molar refractivity (Wildman–Crippen MR) is 120 cm³/mol. The van der Waals surface area contributed by atoms with E-state index in [4.69, 9.17) is 9.47 Å². The molecule has 2 amide bonds. The average Bonchev–Trinajstić information content (AvgIpc) is 3.00. The van der Waals surface area contributed by atoms with Gasteiger partial charge in [0.15, 0.2) is 0 Å². The zero-order valence-electron chi connectivity index (χ0n) is 17.8. The zero-order valence-corrected chi connectivity index (χ0v) is 18.6. The Morgan fingerprint density at radius 3 is 2.68 bits per heavy atom. The van der Waals surface area contributed by atoms with Gasteiger partial charge >= 0.3 is 5.97 Å². The Hall–Kier alpha value is -3.06. The van der Waals surface area contributed by atoms with Gasteiger partial charge in [-0.15, -0.1) is 0 Å². The summed E-state index contributed by atoms with van der Waals surface area (Å²) in [5, 5.41) is -0.490. The number of esters is 1. The van der Waals surface area contributed by atoms with Gasteiger partial charge in [0.1, 0.15) is 18.9 Å². The van der Waals surface area contributed by atoms with E-state index in [-0.39, 0.29) is 11.0 Å². The number of para-hydroxylation sites is 1. The number of hydrogen-bond donors (Lipinski definition) is 0. The molecular formula is C24H25NO5S. The Labute approximate surface area is 186 Å². The van der Waals surface area contributed by atoms with Crippen LogP contribution < -0.4 is 4.74 Å². The number of aryl methyl sites for hydroxylation is 1. The van der Waals surface area contributed by atoms with Crippen LogP contribution in [0.4, 0.5) is 4.79 Å². The van der Waals surface area contributed by atoms with Gasteiger partial charge in [0.25, 0.3) is 11.1 Å².